The molecule has 0 spiro atoms. The third-order valence-corrected chi connectivity index (χ3v) is 5.87. The smallest absolute Gasteiger partial charge is 0.314 e. The van der Waals surface area contributed by atoms with E-state index in [1.165, 1.54) is 0 Å². The zero-order valence-electron chi connectivity index (χ0n) is 18.6. The van der Waals surface area contributed by atoms with Crippen molar-refractivity contribution in [3.05, 3.63) is 48.5 Å². The number of benzene rings is 2. The van der Waals surface area contributed by atoms with Crippen LogP contribution in [0.3, 0.4) is 0 Å². The van der Waals surface area contributed by atoms with Crippen molar-refractivity contribution in [1.82, 2.24) is 0 Å². The van der Waals surface area contributed by atoms with Crippen LogP contribution in [0.4, 0.5) is 0 Å². The van der Waals surface area contributed by atoms with E-state index in [0.717, 1.165) is 6.61 Å². The van der Waals surface area contributed by atoms with Crippen LogP contribution in [0.5, 0.6) is 23.0 Å². The molecule has 5 rings (SSSR count). The van der Waals surface area contributed by atoms with Crippen LogP contribution in [0, 0.1) is 11.8 Å². The van der Waals surface area contributed by atoms with Crippen LogP contribution in [0.1, 0.15) is 25.7 Å². The van der Waals surface area contributed by atoms with E-state index in [4.69, 9.17) is 33.5 Å². The second kappa shape index (κ2) is 10.4. The third-order valence-electron chi connectivity index (χ3n) is 5.87. The van der Waals surface area contributed by atoms with Gasteiger partial charge in [0.25, 0.3) is 0 Å². The normalized spacial score (nSPS) is 25.2. The average molecular weight is 470 g/mol. The zero-order valence-corrected chi connectivity index (χ0v) is 18.6. The maximum Gasteiger partial charge on any atom is 0.314 e. The highest BCUT2D eigenvalue weighted by molar-refractivity contribution is 5.77. The number of carbonyl (C=O) groups is 2. The summed E-state index contributed by atoms with van der Waals surface area (Å²) in [6.45, 7) is 1.79. The Labute approximate surface area is 196 Å². The first-order valence-corrected chi connectivity index (χ1v) is 11.5. The molecule has 2 unspecified atom stereocenters. The van der Waals surface area contributed by atoms with Gasteiger partial charge in [-0.05, 0) is 74.2 Å². The Hall–Kier alpha value is -3.14. The predicted octanol–water partition coefficient (Wildman–Crippen LogP) is 3.45. The fourth-order valence-corrected chi connectivity index (χ4v) is 3.69. The fourth-order valence-electron chi connectivity index (χ4n) is 3.69. The molecule has 1 saturated carbocycles. The quantitative estimate of drug-likeness (QED) is 0.170. The first-order valence-electron chi connectivity index (χ1n) is 11.5. The molecule has 180 valence electrons. The van der Waals surface area contributed by atoms with Gasteiger partial charge >= 0.3 is 11.9 Å². The molecule has 0 aromatic heterocycles. The number of carbonyl (C=O) groups excluding carboxylic acids is 2. The Morgan fingerprint density at radius 1 is 0.706 bits per heavy atom. The predicted molar refractivity (Wildman–Crippen MR) is 116 cm³/mol. The highest BCUT2D eigenvalue weighted by atomic mass is 17.2. The molecule has 0 radical (unpaired) electrons. The molecule has 0 bridgehead atoms. The highest BCUT2D eigenvalue weighted by Gasteiger charge is 2.32. The summed E-state index contributed by atoms with van der Waals surface area (Å²) >= 11 is 0. The summed E-state index contributed by atoms with van der Waals surface area (Å²) in [5, 5.41) is 0. The van der Waals surface area contributed by atoms with Gasteiger partial charge < -0.3 is 28.6 Å². The summed E-state index contributed by atoms with van der Waals surface area (Å²) in [5.74, 6) is 1.04. The van der Waals surface area contributed by atoms with Crippen LogP contribution < -0.4 is 19.1 Å². The second-order valence-electron chi connectivity index (χ2n) is 8.54. The summed E-state index contributed by atoms with van der Waals surface area (Å²) in [7, 11) is 0. The van der Waals surface area contributed by atoms with Crippen LogP contribution in [0.15, 0.2) is 48.5 Å². The Bertz CT molecular complexity index is 891. The van der Waals surface area contributed by atoms with Crippen molar-refractivity contribution < 1.29 is 43.0 Å². The largest absolute Gasteiger partial charge is 0.491 e. The van der Waals surface area contributed by atoms with Gasteiger partial charge in [0.15, 0.2) is 5.75 Å². The van der Waals surface area contributed by atoms with E-state index in [-0.39, 0.29) is 36.2 Å². The van der Waals surface area contributed by atoms with Crippen LogP contribution in [0.2, 0.25) is 0 Å². The lowest BCUT2D eigenvalue weighted by Gasteiger charge is -2.25. The van der Waals surface area contributed by atoms with Gasteiger partial charge in [0.2, 0.25) is 6.29 Å². The topological polar surface area (TPSA) is 105 Å². The van der Waals surface area contributed by atoms with Gasteiger partial charge in [0.05, 0.1) is 18.4 Å². The minimum atomic E-state index is -0.308. The van der Waals surface area contributed by atoms with E-state index < -0.39 is 0 Å². The number of epoxide rings is 2. The maximum atomic E-state index is 12.6. The van der Waals surface area contributed by atoms with Crippen molar-refractivity contribution in [2.45, 2.75) is 38.1 Å². The van der Waals surface area contributed by atoms with Gasteiger partial charge in [-0.2, -0.15) is 4.89 Å². The molecule has 2 aliphatic heterocycles. The van der Waals surface area contributed by atoms with Crippen molar-refractivity contribution >= 4 is 11.9 Å². The molecule has 34 heavy (non-hydrogen) atoms. The maximum absolute atomic E-state index is 12.6. The molecule has 2 aromatic carbocycles. The van der Waals surface area contributed by atoms with Gasteiger partial charge in [-0.1, -0.05) is 0 Å². The lowest BCUT2D eigenvalue weighted by Crippen LogP contribution is -2.30. The molecule has 9 heteroatoms. The van der Waals surface area contributed by atoms with Crippen molar-refractivity contribution in [2.75, 3.05) is 19.8 Å². The minimum Gasteiger partial charge on any atom is -0.491 e. The molecule has 3 aliphatic rings. The Morgan fingerprint density at radius 3 is 1.65 bits per heavy atom. The Kier molecular flexibility index (Phi) is 6.94. The van der Waals surface area contributed by atoms with E-state index in [1.54, 1.807) is 48.5 Å². The number of hydrogen-bond donors (Lipinski definition) is 0. The molecule has 9 nitrogen and oxygen atoms in total. The van der Waals surface area contributed by atoms with Crippen molar-refractivity contribution in [3.8, 4) is 23.0 Å². The van der Waals surface area contributed by atoms with Crippen LogP contribution in [-0.4, -0.2) is 44.2 Å². The Balaban J connectivity index is 1.03. The summed E-state index contributed by atoms with van der Waals surface area (Å²) in [5.41, 5.74) is 0. The van der Waals surface area contributed by atoms with E-state index in [0.29, 0.717) is 61.9 Å². The first-order chi connectivity index (χ1) is 16.6. The molecule has 2 atom stereocenters. The van der Waals surface area contributed by atoms with Gasteiger partial charge in [-0.25, -0.2) is 0 Å². The molecule has 3 fully saturated rings. The molecular formula is C25H26O9. The van der Waals surface area contributed by atoms with E-state index in [9.17, 15) is 9.59 Å². The van der Waals surface area contributed by atoms with Crippen LogP contribution in [-0.2, 0) is 24.0 Å². The number of esters is 2. The summed E-state index contributed by atoms with van der Waals surface area (Å²) in [4.78, 5) is 35.2. The Morgan fingerprint density at radius 2 is 1.18 bits per heavy atom. The molecule has 1 aliphatic carbocycles. The van der Waals surface area contributed by atoms with Crippen molar-refractivity contribution in [3.63, 3.8) is 0 Å². The highest BCUT2D eigenvalue weighted by Crippen LogP contribution is 2.32. The molecule has 2 aromatic rings. The number of hydrogen-bond acceptors (Lipinski definition) is 9. The van der Waals surface area contributed by atoms with E-state index in [2.05, 4.69) is 0 Å². The van der Waals surface area contributed by atoms with Gasteiger partial charge in [0, 0.05) is 0 Å². The summed E-state index contributed by atoms with van der Waals surface area (Å²) in [6.07, 6.45) is 2.18. The minimum absolute atomic E-state index is 0.188. The molecule has 0 amide bonds. The summed E-state index contributed by atoms with van der Waals surface area (Å²) in [6, 6.07) is 13.6. The van der Waals surface area contributed by atoms with Crippen LogP contribution in [0.25, 0.3) is 0 Å². The van der Waals surface area contributed by atoms with E-state index in [1.807, 2.05) is 0 Å². The van der Waals surface area contributed by atoms with E-state index >= 15 is 0 Å². The lowest BCUT2D eigenvalue weighted by molar-refractivity contribution is -0.239. The molecule has 0 N–H and O–H groups in total. The SMILES string of the molecule is O=C(Oc1ccc(OCC2CO2)cc1)C1CCC(C(=O)Oc2ccc(OOC3CO3)cc2)CC1. The average Bonchev–Trinajstić information content (AvgIpc) is 3.79. The summed E-state index contributed by atoms with van der Waals surface area (Å²) < 4.78 is 26.6. The van der Waals surface area contributed by atoms with Gasteiger partial charge in [-0.3, -0.25) is 9.59 Å². The monoisotopic (exact) mass is 470 g/mol. The second-order valence-corrected chi connectivity index (χ2v) is 8.54. The lowest BCUT2D eigenvalue weighted by atomic mass is 9.82. The third kappa shape index (κ3) is 6.47. The number of rotatable bonds is 10. The molecule has 2 saturated heterocycles. The van der Waals surface area contributed by atoms with Crippen molar-refractivity contribution in [1.29, 1.82) is 0 Å². The van der Waals surface area contributed by atoms with Crippen LogP contribution >= 0.6 is 0 Å². The number of ether oxygens (including phenoxy) is 5. The van der Waals surface area contributed by atoms with Crippen molar-refractivity contribution in [2.24, 2.45) is 11.8 Å². The molecular weight excluding hydrogens is 444 g/mol. The zero-order chi connectivity index (χ0) is 23.3. The van der Waals surface area contributed by atoms with Gasteiger partial charge in [0.1, 0.15) is 36.6 Å². The fraction of sp³-hybridized carbons (Fsp3) is 0.440. The molecule has 2 heterocycles. The standard InChI is InChI=1S/C25H26O9/c26-24(31-19-7-5-18(6-8-19)28-13-22-14-29-22)16-1-3-17(4-2-16)25(27)32-20-9-11-21(12-10-20)33-34-23-15-30-23/h5-12,16-17,22-23H,1-4,13-15H2. The van der Waals surface area contributed by atoms with Gasteiger partial charge in [-0.15, -0.1) is 0 Å². The first kappa shape index (κ1) is 22.6.